The van der Waals surface area contributed by atoms with Gasteiger partial charge in [-0.05, 0) is 5.92 Å². The molecule has 0 bridgehead atoms. The van der Waals surface area contributed by atoms with Gasteiger partial charge in [-0.2, -0.15) is 0 Å². The molecule has 0 aliphatic carbocycles. The van der Waals surface area contributed by atoms with Gasteiger partial charge in [0.1, 0.15) is 0 Å². The van der Waals surface area contributed by atoms with Crippen molar-refractivity contribution >= 4 is 34.1 Å². The number of carbonyl (C=O) groups excluding carboxylic acids is 1. The zero-order valence-electron chi connectivity index (χ0n) is 10.1. The Balaban J connectivity index is 2.41. The van der Waals surface area contributed by atoms with Gasteiger partial charge in [-0.1, -0.05) is 20.8 Å². The Morgan fingerprint density at radius 2 is 2.25 bits per heavy atom. The first-order chi connectivity index (χ1) is 7.52. The fourth-order valence-electron chi connectivity index (χ4n) is 0.980. The van der Waals surface area contributed by atoms with Gasteiger partial charge in [0.05, 0.1) is 5.75 Å². The zero-order valence-corrected chi connectivity index (χ0v) is 11.8. The lowest BCUT2D eigenvalue weighted by molar-refractivity contribution is -0.115. The van der Waals surface area contributed by atoms with Gasteiger partial charge in [0.25, 0.3) is 0 Å². The predicted octanol–water partition coefficient (Wildman–Crippen LogP) is 2.88. The molecule has 1 rings (SSSR count). The average Bonchev–Trinajstić information content (AvgIpc) is 2.77. The van der Waals surface area contributed by atoms with Crippen LogP contribution in [0.25, 0.3) is 0 Å². The number of nitrogens with zero attached hydrogens (tertiary/aromatic N) is 2. The smallest absolute Gasteiger partial charge is 0.238 e. The average molecular weight is 258 g/mol. The molecule has 1 aromatic heterocycles. The van der Waals surface area contributed by atoms with Crippen LogP contribution >= 0.6 is 23.1 Å². The summed E-state index contributed by atoms with van der Waals surface area (Å²) in [6.45, 7) is 6.51. The minimum absolute atomic E-state index is 0.118. The molecule has 0 radical (unpaired) electrons. The summed E-state index contributed by atoms with van der Waals surface area (Å²) in [5.41, 5.74) is 0. The van der Waals surface area contributed by atoms with Crippen LogP contribution in [0, 0.1) is 5.92 Å². The summed E-state index contributed by atoms with van der Waals surface area (Å²) < 4.78 is 0. The molecule has 0 aromatic carbocycles. The largest absolute Gasteiger partial charge is 0.291 e. The number of thiazole rings is 1. The number of anilines is 1. The van der Waals surface area contributed by atoms with Crippen LogP contribution in [0.4, 0.5) is 5.13 Å². The van der Waals surface area contributed by atoms with E-state index in [1.165, 1.54) is 11.3 Å². The lowest BCUT2D eigenvalue weighted by atomic mass is 10.2. The molecule has 1 atom stereocenters. The monoisotopic (exact) mass is 258 g/mol. The topological polar surface area (TPSA) is 33.2 Å². The molecule has 0 aliphatic heterocycles. The minimum atomic E-state index is 0.118. The van der Waals surface area contributed by atoms with Crippen molar-refractivity contribution in [3.05, 3.63) is 11.6 Å². The van der Waals surface area contributed by atoms with E-state index in [9.17, 15) is 4.79 Å². The van der Waals surface area contributed by atoms with Crippen molar-refractivity contribution < 1.29 is 4.79 Å². The predicted molar refractivity (Wildman–Crippen MR) is 72.3 cm³/mol. The van der Waals surface area contributed by atoms with Crippen molar-refractivity contribution in [3.63, 3.8) is 0 Å². The highest BCUT2D eigenvalue weighted by Gasteiger charge is 2.15. The number of carbonyl (C=O) groups is 1. The molecule has 1 aromatic rings. The van der Waals surface area contributed by atoms with Crippen molar-refractivity contribution in [2.45, 2.75) is 26.0 Å². The highest BCUT2D eigenvalue weighted by Crippen LogP contribution is 2.21. The number of amides is 1. The van der Waals surface area contributed by atoms with Crippen molar-refractivity contribution in [1.29, 1.82) is 0 Å². The summed E-state index contributed by atoms with van der Waals surface area (Å²) >= 11 is 3.19. The normalized spacial score (nSPS) is 12.8. The van der Waals surface area contributed by atoms with Gasteiger partial charge >= 0.3 is 0 Å². The van der Waals surface area contributed by atoms with Crippen LogP contribution in [-0.2, 0) is 4.79 Å². The number of aromatic nitrogens is 1. The molecule has 0 saturated carbocycles. The molecular formula is C11H18N2OS2. The molecule has 0 spiro atoms. The Morgan fingerprint density at radius 1 is 1.56 bits per heavy atom. The third-order valence-electron chi connectivity index (χ3n) is 2.49. The summed E-state index contributed by atoms with van der Waals surface area (Å²) in [6.07, 6.45) is 1.72. The molecule has 0 unspecified atom stereocenters. The van der Waals surface area contributed by atoms with Gasteiger partial charge in [0, 0.05) is 23.9 Å². The Labute approximate surface area is 105 Å². The highest BCUT2D eigenvalue weighted by atomic mass is 32.2. The highest BCUT2D eigenvalue weighted by molar-refractivity contribution is 8.00. The standard InChI is InChI=1S/C11H18N2OS2/c1-8(2)9(3)16-7-10(14)13(4)11-12-5-6-15-11/h5-6,8-9H,7H2,1-4H3/t9-/m1/s1. The second-order valence-corrected chi connectivity index (χ2v) is 6.27. The first-order valence-electron chi connectivity index (χ1n) is 5.30. The lowest BCUT2D eigenvalue weighted by Gasteiger charge is -2.17. The molecule has 3 nitrogen and oxygen atoms in total. The molecular weight excluding hydrogens is 240 g/mol. The van der Waals surface area contributed by atoms with Gasteiger partial charge in [-0.15, -0.1) is 23.1 Å². The molecule has 1 amide bonds. The molecule has 0 saturated heterocycles. The molecule has 0 N–H and O–H groups in total. The summed E-state index contributed by atoms with van der Waals surface area (Å²) in [6, 6.07) is 0. The van der Waals surface area contributed by atoms with Crippen LogP contribution in [0.2, 0.25) is 0 Å². The van der Waals surface area contributed by atoms with Crippen LogP contribution in [0.1, 0.15) is 20.8 Å². The molecule has 0 aliphatic rings. The SMILES string of the molecule is CC(C)[C@@H](C)SCC(=O)N(C)c1nccs1. The first kappa shape index (κ1) is 13.5. The van der Waals surface area contributed by atoms with E-state index in [-0.39, 0.29) is 5.91 Å². The van der Waals surface area contributed by atoms with Crippen LogP contribution in [0.5, 0.6) is 0 Å². The third kappa shape index (κ3) is 3.79. The molecule has 16 heavy (non-hydrogen) atoms. The van der Waals surface area contributed by atoms with Crippen molar-refractivity contribution in [2.24, 2.45) is 5.92 Å². The van der Waals surface area contributed by atoms with E-state index >= 15 is 0 Å². The van der Waals surface area contributed by atoms with Crippen LogP contribution < -0.4 is 4.90 Å². The number of thioether (sulfide) groups is 1. The summed E-state index contributed by atoms with van der Waals surface area (Å²) in [7, 11) is 1.78. The number of rotatable bonds is 5. The van der Waals surface area contributed by atoms with E-state index in [2.05, 4.69) is 25.8 Å². The van der Waals surface area contributed by atoms with Gasteiger partial charge in [0.15, 0.2) is 5.13 Å². The van der Waals surface area contributed by atoms with E-state index in [1.807, 2.05) is 5.38 Å². The number of hydrogen-bond donors (Lipinski definition) is 0. The number of hydrogen-bond acceptors (Lipinski definition) is 4. The minimum Gasteiger partial charge on any atom is -0.291 e. The van der Waals surface area contributed by atoms with Crippen LogP contribution in [-0.4, -0.2) is 28.9 Å². The summed E-state index contributed by atoms with van der Waals surface area (Å²) in [4.78, 5) is 17.6. The fraction of sp³-hybridized carbons (Fsp3) is 0.636. The quantitative estimate of drug-likeness (QED) is 0.814. The fourth-order valence-corrected chi connectivity index (χ4v) is 2.59. The van der Waals surface area contributed by atoms with E-state index in [4.69, 9.17) is 0 Å². The van der Waals surface area contributed by atoms with Gasteiger partial charge in [0.2, 0.25) is 5.91 Å². The van der Waals surface area contributed by atoms with Crippen LogP contribution in [0.15, 0.2) is 11.6 Å². The first-order valence-corrected chi connectivity index (χ1v) is 7.23. The Hall–Kier alpha value is -0.550. The Kier molecular flexibility index (Phi) is 5.28. The molecule has 5 heteroatoms. The Morgan fingerprint density at radius 3 is 2.75 bits per heavy atom. The summed E-state index contributed by atoms with van der Waals surface area (Å²) in [5.74, 6) is 1.24. The van der Waals surface area contributed by atoms with Crippen molar-refractivity contribution in [2.75, 3.05) is 17.7 Å². The molecule has 90 valence electrons. The lowest BCUT2D eigenvalue weighted by Crippen LogP contribution is -2.28. The maximum absolute atomic E-state index is 11.8. The maximum atomic E-state index is 11.8. The second kappa shape index (κ2) is 6.25. The van der Waals surface area contributed by atoms with Gasteiger partial charge in [-0.3, -0.25) is 9.69 Å². The maximum Gasteiger partial charge on any atom is 0.238 e. The van der Waals surface area contributed by atoms with Gasteiger partial charge < -0.3 is 0 Å². The third-order valence-corrected chi connectivity index (χ3v) is 4.82. The summed E-state index contributed by atoms with van der Waals surface area (Å²) in [5, 5.41) is 3.15. The van der Waals surface area contributed by atoms with Gasteiger partial charge in [-0.25, -0.2) is 4.98 Å². The molecule has 0 fully saturated rings. The van der Waals surface area contributed by atoms with E-state index in [1.54, 1.807) is 29.9 Å². The molecule has 1 heterocycles. The van der Waals surface area contributed by atoms with Crippen molar-refractivity contribution in [3.8, 4) is 0 Å². The second-order valence-electron chi connectivity index (χ2n) is 4.03. The van der Waals surface area contributed by atoms with Crippen molar-refractivity contribution in [1.82, 2.24) is 4.98 Å². The van der Waals surface area contributed by atoms with E-state index in [0.717, 1.165) is 5.13 Å². The zero-order chi connectivity index (χ0) is 12.1. The van der Waals surface area contributed by atoms with E-state index < -0.39 is 0 Å². The van der Waals surface area contributed by atoms with Crippen LogP contribution in [0.3, 0.4) is 0 Å². The van der Waals surface area contributed by atoms with E-state index in [0.29, 0.717) is 16.9 Å². The Bertz CT molecular complexity index is 325.